The summed E-state index contributed by atoms with van der Waals surface area (Å²) in [5.74, 6) is -1.60. The molecule has 0 aromatic heterocycles. The molecular weight excluding hydrogens is 1290 g/mol. The van der Waals surface area contributed by atoms with Crippen molar-refractivity contribution in [3.05, 3.63) is 122 Å². The predicted octanol–water partition coefficient (Wildman–Crippen LogP) is 22.5. The Bertz CT molecular complexity index is 2290. The summed E-state index contributed by atoms with van der Waals surface area (Å²) >= 11 is 0. The topological polar surface area (TPSA) is 231 Å². The minimum Gasteiger partial charge on any atom is -0.463 e. The molecule has 0 fully saturated rings. The number of phosphoric acid groups is 2. The van der Waals surface area contributed by atoms with Crippen LogP contribution in [0.3, 0.4) is 0 Å². The molecule has 0 saturated heterocycles. The highest BCUT2D eigenvalue weighted by Crippen LogP contribution is 2.45. The SMILES string of the molecule is CC/C=C\C/C=C\C/C=C\C/C=C\C/C=C\CCCCCCCCCCCCCCCC(=O)OCC(O)COP(=O)(O)OCC(O)COP(=O)(O)OCC(COC(=O)CCCCC/C=C\C/C=C\C/C=C\C/C=C\C/C=C\CC)OC(=O)CCCCCCCCCCCCCCCCC. The van der Waals surface area contributed by atoms with Crippen LogP contribution in [-0.4, -0.2) is 95.9 Å². The second kappa shape index (κ2) is 73.7. The molecule has 18 heteroatoms. The summed E-state index contributed by atoms with van der Waals surface area (Å²) in [7, 11) is -9.79. The van der Waals surface area contributed by atoms with Gasteiger partial charge in [-0.05, 0) is 109 Å². The van der Waals surface area contributed by atoms with Gasteiger partial charge in [-0.25, -0.2) is 9.13 Å². The van der Waals surface area contributed by atoms with Crippen LogP contribution in [-0.2, 0) is 55.8 Å². The van der Waals surface area contributed by atoms with Gasteiger partial charge in [0.1, 0.15) is 25.4 Å². The lowest BCUT2D eigenvalue weighted by Crippen LogP contribution is -2.30. The first kappa shape index (κ1) is 94.9. The van der Waals surface area contributed by atoms with Crippen LogP contribution < -0.4 is 0 Å². The summed E-state index contributed by atoms with van der Waals surface area (Å²) in [4.78, 5) is 58.6. The predicted molar refractivity (Wildman–Crippen MR) is 408 cm³/mol. The van der Waals surface area contributed by atoms with Crippen LogP contribution >= 0.6 is 15.6 Å². The molecular formula is C81H140O16P2. The number of phosphoric ester groups is 2. The molecule has 4 N–H and O–H groups in total. The van der Waals surface area contributed by atoms with Crippen LogP contribution in [0.5, 0.6) is 0 Å². The molecule has 0 aliphatic heterocycles. The average molecular weight is 1430 g/mol. The Kier molecular flexibility index (Phi) is 70.7. The number of unbranched alkanes of at least 4 members (excludes halogenated alkanes) is 30. The Morgan fingerprint density at radius 1 is 0.293 bits per heavy atom. The van der Waals surface area contributed by atoms with Crippen LogP contribution in [0.1, 0.15) is 316 Å². The molecule has 5 atom stereocenters. The summed E-state index contributed by atoms with van der Waals surface area (Å²) < 4.78 is 61.1. The van der Waals surface area contributed by atoms with E-state index in [4.69, 9.17) is 32.3 Å². The molecule has 0 spiro atoms. The van der Waals surface area contributed by atoms with Crippen molar-refractivity contribution in [2.75, 3.05) is 39.6 Å². The van der Waals surface area contributed by atoms with E-state index in [1.165, 1.54) is 122 Å². The first-order valence-corrected chi connectivity index (χ1v) is 41.8. The smallest absolute Gasteiger partial charge is 0.463 e. The number of aliphatic hydroxyl groups is 2. The van der Waals surface area contributed by atoms with E-state index < -0.39 is 91.5 Å². The van der Waals surface area contributed by atoms with E-state index in [9.17, 15) is 43.5 Å². The van der Waals surface area contributed by atoms with E-state index in [0.717, 1.165) is 135 Å². The largest absolute Gasteiger partial charge is 0.472 e. The number of hydrogen-bond acceptors (Lipinski definition) is 14. The van der Waals surface area contributed by atoms with Gasteiger partial charge in [0.2, 0.25) is 0 Å². The quantitative estimate of drug-likeness (QED) is 0.0146. The maximum atomic E-state index is 13.0. The number of rotatable bonds is 73. The maximum Gasteiger partial charge on any atom is 0.472 e. The van der Waals surface area contributed by atoms with Gasteiger partial charge >= 0.3 is 33.6 Å². The molecule has 0 aromatic carbocycles. The Labute approximate surface area is 602 Å². The number of allylic oxidation sites excluding steroid dienone is 20. The average Bonchev–Trinajstić information content (AvgIpc) is 1.73. The van der Waals surface area contributed by atoms with Crippen LogP contribution in [0.4, 0.5) is 0 Å². The highest BCUT2D eigenvalue weighted by molar-refractivity contribution is 7.47. The van der Waals surface area contributed by atoms with Crippen LogP contribution in [0.25, 0.3) is 0 Å². The lowest BCUT2D eigenvalue weighted by atomic mass is 10.0. The zero-order chi connectivity index (χ0) is 72.3. The van der Waals surface area contributed by atoms with Crippen molar-refractivity contribution in [3.63, 3.8) is 0 Å². The Balaban J connectivity index is 4.53. The van der Waals surface area contributed by atoms with Gasteiger partial charge in [0.05, 0.1) is 26.4 Å². The van der Waals surface area contributed by atoms with Crippen molar-refractivity contribution in [1.82, 2.24) is 0 Å². The number of esters is 3. The molecule has 0 amide bonds. The monoisotopic (exact) mass is 1430 g/mol. The molecule has 0 saturated carbocycles. The zero-order valence-corrected chi connectivity index (χ0v) is 63.9. The maximum absolute atomic E-state index is 13.0. The van der Waals surface area contributed by atoms with Crippen molar-refractivity contribution in [3.8, 4) is 0 Å². The van der Waals surface area contributed by atoms with Crippen molar-refractivity contribution >= 4 is 33.6 Å². The number of carbonyl (C=O) groups excluding carboxylic acids is 3. The highest BCUT2D eigenvalue weighted by atomic mass is 31.2. The van der Waals surface area contributed by atoms with Crippen molar-refractivity contribution in [1.29, 1.82) is 0 Å². The number of hydrogen-bond donors (Lipinski definition) is 4. The van der Waals surface area contributed by atoms with E-state index >= 15 is 0 Å². The van der Waals surface area contributed by atoms with Gasteiger partial charge in [0.15, 0.2) is 6.10 Å². The fraction of sp³-hybridized carbons (Fsp3) is 0.716. The second-order valence-electron chi connectivity index (χ2n) is 25.8. The van der Waals surface area contributed by atoms with E-state index in [0.29, 0.717) is 19.3 Å². The normalized spacial score (nSPS) is 14.7. The Morgan fingerprint density at radius 3 is 0.859 bits per heavy atom. The molecule has 5 unspecified atom stereocenters. The lowest BCUT2D eigenvalue weighted by Gasteiger charge is -2.21. The second-order valence-corrected chi connectivity index (χ2v) is 28.7. The third-order valence-corrected chi connectivity index (χ3v) is 18.1. The van der Waals surface area contributed by atoms with Gasteiger partial charge in [-0.2, -0.15) is 0 Å². The Morgan fingerprint density at radius 2 is 0.535 bits per heavy atom. The van der Waals surface area contributed by atoms with Crippen LogP contribution in [0, 0.1) is 0 Å². The summed E-state index contributed by atoms with van der Waals surface area (Å²) in [6, 6.07) is 0. The molecule has 570 valence electrons. The van der Waals surface area contributed by atoms with Crippen LogP contribution in [0.2, 0.25) is 0 Å². The van der Waals surface area contributed by atoms with Gasteiger partial charge < -0.3 is 34.2 Å². The molecule has 0 bridgehead atoms. The molecule has 16 nitrogen and oxygen atoms in total. The van der Waals surface area contributed by atoms with E-state index in [1.54, 1.807) is 0 Å². The minimum atomic E-state index is -4.93. The summed E-state index contributed by atoms with van der Waals surface area (Å²) in [5, 5.41) is 20.6. The van der Waals surface area contributed by atoms with Gasteiger partial charge in [0.25, 0.3) is 0 Å². The van der Waals surface area contributed by atoms with Crippen LogP contribution in [0.15, 0.2) is 122 Å². The summed E-state index contributed by atoms with van der Waals surface area (Å²) in [5.41, 5.74) is 0. The van der Waals surface area contributed by atoms with Crippen molar-refractivity contribution < 1.29 is 75.8 Å². The fourth-order valence-corrected chi connectivity index (χ4v) is 11.9. The lowest BCUT2D eigenvalue weighted by molar-refractivity contribution is -0.161. The Hall–Kier alpha value is -4.05. The molecule has 0 aliphatic carbocycles. The van der Waals surface area contributed by atoms with Crippen molar-refractivity contribution in [2.24, 2.45) is 0 Å². The fourth-order valence-electron chi connectivity index (χ4n) is 10.3. The third kappa shape index (κ3) is 74.9. The first-order chi connectivity index (χ1) is 48.2. The highest BCUT2D eigenvalue weighted by Gasteiger charge is 2.29. The van der Waals surface area contributed by atoms with Crippen molar-refractivity contribution in [2.45, 2.75) is 334 Å². The van der Waals surface area contributed by atoms with Gasteiger partial charge in [0, 0.05) is 19.3 Å². The molecule has 99 heavy (non-hydrogen) atoms. The molecule has 0 radical (unpaired) electrons. The first-order valence-electron chi connectivity index (χ1n) is 38.8. The minimum absolute atomic E-state index is 0.0989. The third-order valence-electron chi connectivity index (χ3n) is 16.2. The molecule has 0 aliphatic rings. The number of aliphatic hydroxyl groups excluding tert-OH is 2. The van der Waals surface area contributed by atoms with Gasteiger partial charge in [-0.3, -0.25) is 32.5 Å². The van der Waals surface area contributed by atoms with Gasteiger partial charge in [-0.1, -0.05) is 309 Å². The van der Waals surface area contributed by atoms with E-state index in [2.05, 4.69) is 142 Å². The number of ether oxygens (including phenoxy) is 3. The standard InChI is InChI=1S/C81H140O16P2/c1-4-7-10-13-16-19-22-25-28-30-32-33-34-35-36-37-38-39-40-41-43-45-47-49-52-55-58-61-64-67-79(84)91-70-76(82)71-93-98(87,88)94-72-77(83)73-95-99(89,90)96-75-78(97-81(86)69-66-63-60-57-54-51-46-27-24-21-18-15-12-9-6-3)74-92-80(85)68-65-62-59-56-53-50-48-44-42-31-29-26-23-20-17-14-11-8-5-2/h7-8,10-11,16-17,19-20,25-26,28-29,32-33,35-36,42,44,50,53,76-78,82-83H,4-6,9,12-15,18,21-24,27,30-31,34,37-41,43,45-49,51-52,54-75H2,1-3H3,(H,87,88)(H,89,90)/b10-7-,11-8-,19-16-,20-17-,28-25-,29-26-,33-32-,36-35-,44-42-,53-50-. The van der Waals surface area contributed by atoms with E-state index in [1.807, 2.05) is 0 Å². The van der Waals surface area contributed by atoms with Gasteiger partial charge in [-0.15, -0.1) is 0 Å². The molecule has 0 heterocycles. The number of carbonyl (C=O) groups is 3. The zero-order valence-electron chi connectivity index (χ0n) is 62.1. The van der Waals surface area contributed by atoms with E-state index in [-0.39, 0.29) is 19.3 Å². The summed E-state index contributed by atoms with van der Waals surface area (Å²) in [6.45, 7) is 2.44. The molecule has 0 aromatic rings. The summed E-state index contributed by atoms with van der Waals surface area (Å²) in [6.07, 6.45) is 86.8. The molecule has 0 rings (SSSR count).